The van der Waals surface area contributed by atoms with Crippen molar-refractivity contribution in [3.05, 3.63) is 29.1 Å². The van der Waals surface area contributed by atoms with Crippen LogP contribution in [0.2, 0.25) is 0 Å². The van der Waals surface area contributed by atoms with Gasteiger partial charge in [-0.15, -0.1) is 0 Å². The molecule has 3 heteroatoms. The highest BCUT2D eigenvalue weighted by Crippen LogP contribution is 2.47. The molecule has 3 rings (SSSR count). The Bertz CT molecular complexity index is 470. The van der Waals surface area contributed by atoms with Crippen molar-refractivity contribution in [1.82, 2.24) is 4.98 Å². The third-order valence-corrected chi connectivity index (χ3v) is 3.96. The molecule has 1 aromatic heterocycles. The number of nitrogens with zero attached hydrogens (tertiary/aromatic N) is 1. The summed E-state index contributed by atoms with van der Waals surface area (Å²) in [6, 6.07) is 4.31. The molecule has 2 aliphatic rings. The van der Waals surface area contributed by atoms with E-state index in [4.69, 9.17) is 9.72 Å². The SMILES string of the molecule is CC.CCOC(=O)[C@H]1C[C@@H]1c1ccc2c(n1)CCCC2. The molecule has 0 aromatic carbocycles. The molecule has 0 N–H and O–H groups in total. The van der Waals surface area contributed by atoms with E-state index in [0.29, 0.717) is 12.5 Å². The van der Waals surface area contributed by atoms with Crippen LogP contribution in [0, 0.1) is 5.92 Å². The van der Waals surface area contributed by atoms with E-state index in [-0.39, 0.29) is 11.9 Å². The maximum atomic E-state index is 11.6. The van der Waals surface area contributed by atoms with Gasteiger partial charge in [0.25, 0.3) is 0 Å². The molecule has 1 saturated carbocycles. The van der Waals surface area contributed by atoms with Crippen LogP contribution >= 0.6 is 0 Å². The Balaban J connectivity index is 0.000000704. The average Bonchev–Trinajstić information content (AvgIpc) is 3.30. The van der Waals surface area contributed by atoms with Gasteiger partial charge in [-0.2, -0.15) is 0 Å². The molecule has 0 aliphatic heterocycles. The standard InChI is InChI=1S/C15H19NO2.C2H6/c1-2-18-15(17)12-9-11(12)14-8-7-10-5-3-4-6-13(10)16-14;1-2/h7-8,11-12H,2-6,9H2,1H3;1-2H3/t11-,12-;/m0./s1. The Labute approximate surface area is 121 Å². The molecule has 20 heavy (non-hydrogen) atoms. The summed E-state index contributed by atoms with van der Waals surface area (Å²) in [5.74, 6) is 0.303. The Morgan fingerprint density at radius 3 is 2.80 bits per heavy atom. The first kappa shape index (κ1) is 15.0. The molecule has 1 heterocycles. The van der Waals surface area contributed by atoms with Crippen molar-refractivity contribution in [2.24, 2.45) is 5.92 Å². The van der Waals surface area contributed by atoms with Crippen LogP contribution < -0.4 is 0 Å². The molecule has 0 saturated heterocycles. The van der Waals surface area contributed by atoms with E-state index in [1.165, 1.54) is 24.1 Å². The molecule has 2 atom stereocenters. The van der Waals surface area contributed by atoms with E-state index < -0.39 is 0 Å². The summed E-state index contributed by atoms with van der Waals surface area (Å²) in [6.45, 7) is 6.33. The monoisotopic (exact) mass is 275 g/mol. The zero-order valence-corrected chi connectivity index (χ0v) is 12.8. The van der Waals surface area contributed by atoms with Crippen LogP contribution in [-0.2, 0) is 22.4 Å². The zero-order valence-electron chi connectivity index (χ0n) is 12.8. The third-order valence-electron chi connectivity index (χ3n) is 3.96. The minimum absolute atomic E-state index is 0.0537. The van der Waals surface area contributed by atoms with Crippen molar-refractivity contribution in [3.8, 4) is 0 Å². The van der Waals surface area contributed by atoms with E-state index in [1.807, 2.05) is 20.8 Å². The maximum absolute atomic E-state index is 11.6. The molecule has 1 aromatic rings. The van der Waals surface area contributed by atoms with Gasteiger partial charge in [0.05, 0.1) is 12.5 Å². The smallest absolute Gasteiger partial charge is 0.309 e. The number of aromatic nitrogens is 1. The normalized spacial score (nSPS) is 23.1. The number of fused-ring (bicyclic) bond motifs is 1. The van der Waals surface area contributed by atoms with Crippen LogP contribution in [0.1, 0.15) is 62.9 Å². The molecular formula is C17H25NO2. The first-order valence-electron chi connectivity index (χ1n) is 7.95. The van der Waals surface area contributed by atoms with E-state index in [9.17, 15) is 4.79 Å². The number of aryl methyl sites for hydroxylation is 2. The van der Waals surface area contributed by atoms with Gasteiger partial charge in [0, 0.05) is 17.3 Å². The largest absolute Gasteiger partial charge is 0.466 e. The van der Waals surface area contributed by atoms with Crippen LogP contribution in [0.4, 0.5) is 0 Å². The number of rotatable bonds is 3. The van der Waals surface area contributed by atoms with Crippen molar-refractivity contribution in [1.29, 1.82) is 0 Å². The van der Waals surface area contributed by atoms with Gasteiger partial charge in [-0.25, -0.2) is 0 Å². The highest BCUT2D eigenvalue weighted by Gasteiger charge is 2.46. The molecule has 110 valence electrons. The van der Waals surface area contributed by atoms with Crippen LogP contribution in [-0.4, -0.2) is 17.6 Å². The van der Waals surface area contributed by atoms with Gasteiger partial charge in [-0.1, -0.05) is 19.9 Å². The van der Waals surface area contributed by atoms with Gasteiger partial charge < -0.3 is 4.74 Å². The minimum atomic E-state index is -0.0537. The summed E-state index contributed by atoms with van der Waals surface area (Å²) < 4.78 is 5.06. The fraction of sp³-hybridized carbons (Fsp3) is 0.647. The van der Waals surface area contributed by atoms with Crippen molar-refractivity contribution >= 4 is 5.97 Å². The maximum Gasteiger partial charge on any atom is 0.309 e. The fourth-order valence-electron chi connectivity index (χ4n) is 2.84. The predicted molar refractivity (Wildman–Crippen MR) is 79.7 cm³/mol. The Morgan fingerprint density at radius 1 is 1.30 bits per heavy atom. The number of carbonyl (C=O) groups excluding carboxylic acids is 1. The molecule has 0 spiro atoms. The molecule has 1 fully saturated rings. The zero-order chi connectivity index (χ0) is 14.5. The third kappa shape index (κ3) is 3.20. The lowest BCUT2D eigenvalue weighted by Crippen LogP contribution is -2.09. The van der Waals surface area contributed by atoms with Gasteiger partial charge in [-0.3, -0.25) is 9.78 Å². The second kappa shape index (κ2) is 6.87. The van der Waals surface area contributed by atoms with E-state index in [1.54, 1.807) is 0 Å². The Hall–Kier alpha value is -1.38. The second-order valence-corrected chi connectivity index (χ2v) is 5.25. The van der Waals surface area contributed by atoms with Crippen LogP contribution in [0.5, 0.6) is 0 Å². The first-order valence-corrected chi connectivity index (χ1v) is 7.95. The molecule has 0 unspecified atom stereocenters. The molecular weight excluding hydrogens is 250 g/mol. The summed E-state index contributed by atoms with van der Waals surface area (Å²) in [6.07, 6.45) is 5.69. The van der Waals surface area contributed by atoms with E-state index in [0.717, 1.165) is 25.0 Å². The molecule has 0 radical (unpaired) electrons. The van der Waals surface area contributed by atoms with Crippen molar-refractivity contribution < 1.29 is 9.53 Å². The summed E-state index contributed by atoms with van der Waals surface area (Å²) >= 11 is 0. The lowest BCUT2D eigenvalue weighted by molar-refractivity contribution is -0.144. The molecule has 0 bridgehead atoms. The number of hydrogen-bond donors (Lipinski definition) is 0. The van der Waals surface area contributed by atoms with Gasteiger partial charge in [0.15, 0.2) is 0 Å². The number of carbonyl (C=O) groups is 1. The van der Waals surface area contributed by atoms with Crippen LogP contribution in [0.3, 0.4) is 0 Å². The molecule has 2 aliphatic carbocycles. The van der Waals surface area contributed by atoms with E-state index in [2.05, 4.69) is 12.1 Å². The van der Waals surface area contributed by atoms with Crippen molar-refractivity contribution in [2.45, 2.75) is 58.8 Å². The van der Waals surface area contributed by atoms with Gasteiger partial charge in [0.2, 0.25) is 0 Å². The summed E-state index contributed by atoms with van der Waals surface area (Å²) in [5.41, 5.74) is 3.75. The average molecular weight is 275 g/mol. The molecule has 3 nitrogen and oxygen atoms in total. The minimum Gasteiger partial charge on any atom is -0.466 e. The van der Waals surface area contributed by atoms with Crippen LogP contribution in [0.15, 0.2) is 12.1 Å². The second-order valence-electron chi connectivity index (χ2n) is 5.25. The van der Waals surface area contributed by atoms with Crippen LogP contribution in [0.25, 0.3) is 0 Å². The lowest BCUT2D eigenvalue weighted by Gasteiger charge is -2.15. The fourth-order valence-corrected chi connectivity index (χ4v) is 2.84. The van der Waals surface area contributed by atoms with Crippen molar-refractivity contribution in [3.63, 3.8) is 0 Å². The summed E-state index contributed by atoms with van der Waals surface area (Å²) in [4.78, 5) is 16.4. The van der Waals surface area contributed by atoms with Gasteiger partial charge in [0.1, 0.15) is 0 Å². The number of pyridine rings is 1. The highest BCUT2D eigenvalue weighted by atomic mass is 16.5. The summed E-state index contributed by atoms with van der Waals surface area (Å²) in [7, 11) is 0. The highest BCUT2D eigenvalue weighted by molar-refractivity contribution is 5.77. The van der Waals surface area contributed by atoms with E-state index >= 15 is 0 Å². The first-order chi connectivity index (χ1) is 9.79. The van der Waals surface area contributed by atoms with Gasteiger partial charge >= 0.3 is 5.97 Å². The number of esters is 1. The summed E-state index contributed by atoms with van der Waals surface area (Å²) in [5, 5.41) is 0. The lowest BCUT2D eigenvalue weighted by atomic mass is 9.95. The van der Waals surface area contributed by atoms with Gasteiger partial charge in [-0.05, 0) is 50.7 Å². The Morgan fingerprint density at radius 2 is 2.05 bits per heavy atom. The topological polar surface area (TPSA) is 39.2 Å². The quantitative estimate of drug-likeness (QED) is 0.790. The van der Waals surface area contributed by atoms with Crippen molar-refractivity contribution in [2.75, 3.05) is 6.61 Å². The molecule has 0 amide bonds. The Kier molecular flexibility index (Phi) is 5.16. The predicted octanol–water partition coefficient (Wildman–Crippen LogP) is 3.65. The number of hydrogen-bond acceptors (Lipinski definition) is 3. The number of ether oxygens (including phenoxy) is 1.